The van der Waals surface area contributed by atoms with Crippen LogP contribution in [-0.4, -0.2) is 28.5 Å². The quantitative estimate of drug-likeness (QED) is 0.361. The molecule has 0 aliphatic carbocycles. The molecule has 4 aromatic rings. The molecule has 1 N–H and O–H groups in total. The molecule has 11 heteroatoms. The van der Waals surface area contributed by atoms with Crippen molar-refractivity contribution in [2.45, 2.75) is 12.3 Å². The van der Waals surface area contributed by atoms with Gasteiger partial charge < -0.3 is 24.7 Å². The number of aliphatic carboxylic acids is 1. The van der Waals surface area contributed by atoms with E-state index in [1.807, 2.05) is 0 Å². The van der Waals surface area contributed by atoms with E-state index in [1.165, 1.54) is 6.07 Å². The van der Waals surface area contributed by atoms with Crippen molar-refractivity contribution in [3.63, 3.8) is 0 Å². The van der Waals surface area contributed by atoms with Crippen molar-refractivity contribution in [2.24, 2.45) is 0 Å². The number of hydrogen-bond donors (Lipinski definition) is 1. The van der Waals surface area contributed by atoms with Gasteiger partial charge in [0.2, 0.25) is 0 Å². The van der Waals surface area contributed by atoms with Crippen molar-refractivity contribution in [3.8, 4) is 28.6 Å². The molecule has 186 valence electrons. The van der Waals surface area contributed by atoms with Crippen LogP contribution in [0, 0.1) is 0 Å². The molecular formula is C27H18Cl2N3NaO5. The number of carbonyl (C=O) groups is 2. The molecule has 1 aliphatic rings. The van der Waals surface area contributed by atoms with E-state index in [0.29, 0.717) is 51.5 Å². The van der Waals surface area contributed by atoms with Crippen LogP contribution in [0.15, 0.2) is 72.9 Å². The van der Waals surface area contributed by atoms with Crippen LogP contribution in [0.1, 0.15) is 28.3 Å². The van der Waals surface area contributed by atoms with Crippen LogP contribution in [0.25, 0.3) is 11.4 Å². The normalized spacial score (nSPS) is 13.9. The second-order valence-electron chi connectivity index (χ2n) is 8.18. The molecule has 2 heterocycles. The molecule has 0 saturated carbocycles. The summed E-state index contributed by atoms with van der Waals surface area (Å²) in [5.41, 5.74) is 1.61. The average Bonchev–Trinajstić information content (AvgIpc) is 2.89. The monoisotopic (exact) mass is 557 g/mol. The van der Waals surface area contributed by atoms with Crippen molar-refractivity contribution >= 4 is 40.9 Å². The summed E-state index contributed by atoms with van der Waals surface area (Å²) >= 11 is 12.3. The molecule has 8 nitrogen and oxygen atoms in total. The van der Waals surface area contributed by atoms with Gasteiger partial charge in [-0.1, -0.05) is 23.2 Å². The Kier molecular flexibility index (Phi) is 8.91. The number of carbonyl (C=O) groups excluding carboxylic acids is 2. The first-order valence-electron chi connectivity index (χ1n) is 11.2. The molecule has 5 rings (SSSR count). The Hall–Kier alpha value is -3.14. The van der Waals surface area contributed by atoms with Crippen LogP contribution in [0.3, 0.4) is 0 Å². The number of rotatable bonds is 6. The van der Waals surface area contributed by atoms with Gasteiger partial charge >= 0.3 is 29.6 Å². The molecule has 0 radical (unpaired) electrons. The first-order valence-corrected chi connectivity index (χ1v) is 12.0. The Morgan fingerprint density at radius 1 is 1.03 bits per heavy atom. The Bertz CT molecular complexity index is 1480. The molecule has 0 fully saturated rings. The van der Waals surface area contributed by atoms with Gasteiger partial charge in [-0.05, 0) is 67.1 Å². The summed E-state index contributed by atoms with van der Waals surface area (Å²) in [7, 11) is 0. The number of carboxylic acids is 1. The van der Waals surface area contributed by atoms with Crippen LogP contribution in [0.5, 0.6) is 17.2 Å². The molecule has 1 aromatic heterocycles. The van der Waals surface area contributed by atoms with E-state index in [-0.39, 0.29) is 47.1 Å². The van der Waals surface area contributed by atoms with Crippen LogP contribution >= 0.6 is 23.2 Å². The van der Waals surface area contributed by atoms with Crippen molar-refractivity contribution in [1.29, 1.82) is 0 Å². The fourth-order valence-electron chi connectivity index (χ4n) is 3.87. The molecule has 1 atom stereocenters. The molecule has 1 aliphatic heterocycles. The van der Waals surface area contributed by atoms with Crippen molar-refractivity contribution in [2.75, 3.05) is 11.9 Å². The predicted molar refractivity (Wildman–Crippen MR) is 136 cm³/mol. The fraction of sp³-hybridized carbons (Fsp3) is 0.111. The minimum atomic E-state index is -1.17. The summed E-state index contributed by atoms with van der Waals surface area (Å²) in [6, 6.07) is 18.2. The average molecular weight is 558 g/mol. The molecule has 3 aromatic carbocycles. The number of nitrogens with one attached hydrogen (secondary N) is 1. The molecular weight excluding hydrogens is 540 g/mol. The number of benzene rings is 3. The van der Waals surface area contributed by atoms with E-state index < -0.39 is 11.9 Å². The Morgan fingerprint density at radius 2 is 1.76 bits per heavy atom. The Balaban J connectivity index is 0.00000336. The van der Waals surface area contributed by atoms with Gasteiger partial charge in [0, 0.05) is 45.9 Å². The molecule has 0 saturated heterocycles. The number of halogens is 2. The second-order valence-corrected chi connectivity index (χ2v) is 9.03. The van der Waals surface area contributed by atoms with Crippen LogP contribution in [-0.2, 0) is 4.79 Å². The van der Waals surface area contributed by atoms with Gasteiger partial charge in [0.25, 0.3) is 5.91 Å². The SMILES string of the molecule is O=C(Nc1ccnc(-c2ccc(Cl)cc2)n1)c1ccc(Oc2cc3c(cc2Cl)C(C(=O)[O-])CCO3)cc1.[Na+]. The van der Waals surface area contributed by atoms with Crippen LogP contribution < -0.4 is 49.5 Å². The zero-order valence-electron chi connectivity index (χ0n) is 20.1. The molecule has 1 unspecified atom stereocenters. The summed E-state index contributed by atoms with van der Waals surface area (Å²) in [6.45, 7) is 0.254. The summed E-state index contributed by atoms with van der Waals surface area (Å²) in [4.78, 5) is 32.8. The smallest absolute Gasteiger partial charge is 0.549 e. The minimum absolute atomic E-state index is 0. The van der Waals surface area contributed by atoms with E-state index >= 15 is 0 Å². The van der Waals surface area contributed by atoms with Gasteiger partial charge in [0.05, 0.1) is 11.6 Å². The first-order chi connectivity index (χ1) is 17.9. The van der Waals surface area contributed by atoms with E-state index in [1.54, 1.807) is 66.9 Å². The van der Waals surface area contributed by atoms with Crippen LogP contribution in [0.2, 0.25) is 10.0 Å². The van der Waals surface area contributed by atoms with Crippen molar-refractivity contribution in [1.82, 2.24) is 9.97 Å². The fourth-order valence-corrected chi connectivity index (χ4v) is 4.21. The number of carboxylic acid groups (broad SMARTS) is 1. The second kappa shape index (κ2) is 12.1. The summed E-state index contributed by atoms with van der Waals surface area (Å²) in [5, 5.41) is 15.0. The molecule has 1 amide bonds. The van der Waals surface area contributed by atoms with Crippen LogP contribution in [0.4, 0.5) is 5.82 Å². The Labute approximate surface area is 250 Å². The Morgan fingerprint density at radius 3 is 2.47 bits per heavy atom. The first kappa shape index (κ1) is 27.9. The largest absolute Gasteiger partial charge is 1.00 e. The number of nitrogens with zero attached hydrogens (tertiary/aromatic N) is 2. The number of fused-ring (bicyclic) bond motifs is 1. The van der Waals surface area contributed by atoms with Crippen molar-refractivity contribution in [3.05, 3.63) is 94.1 Å². The summed E-state index contributed by atoms with van der Waals surface area (Å²) in [5.74, 6) is -0.405. The number of amides is 1. The van der Waals surface area contributed by atoms with Gasteiger partial charge in [-0.25, -0.2) is 9.97 Å². The third-order valence-corrected chi connectivity index (χ3v) is 6.28. The third-order valence-electron chi connectivity index (χ3n) is 5.73. The number of ether oxygens (including phenoxy) is 2. The van der Waals surface area contributed by atoms with Gasteiger partial charge in [0.1, 0.15) is 23.1 Å². The molecule has 0 bridgehead atoms. The maximum absolute atomic E-state index is 12.8. The van der Waals surface area contributed by atoms with E-state index in [9.17, 15) is 14.7 Å². The topological polar surface area (TPSA) is 113 Å². The third kappa shape index (κ3) is 6.28. The minimum Gasteiger partial charge on any atom is -0.549 e. The van der Waals surface area contributed by atoms with E-state index in [0.717, 1.165) is 5.56 Å². The molecule has 0 spiro atoms. The van der Waals surface area contributed by atoms with Gasteiger partial charge in [0.15, 0.2) is 5.82 Å². The predicted octanol–water partition coefficient (Wildman–Crippen LogP) is 2.12. The maximum Gasteiger partial charge on any atom is 1.00 e. The summed E-state index contributed by atoms with van der Waals surface area (Å²) in [6.07, 6.45) is 1.87. The molecule has 38 heavy (non-hydrogen) atoms. The van der Waals surface area contributed by atoms with Crippen molar-refractivity contribution < 1.29 is 53.7 Å². The maximum atomic E-state index is 12.8. The standard InChI is InChI=1S/C27H19Cl2N3O5.Na/c28-17-5-1-15(2-6-17)25-30-11-9-24(31-25)32-26(33)16-3-7-18(8-4-16)37-23-14-22-20(13-21(23)29)19(27(34)35)10-12-36-22;/h1-9,11,13-14,19H,10,12H2,(H,34,35)(H,30,31,32,33);/q;+1/p-1. The number of aromatic nitrogens is 2. The van der Waals surface area contributed by atoms with Gasteiger partial charge in [-0.2, -0.15) is 0 Å². The van der Waals surface area contributed by atoms with Gasteiger partial charge in [-0.15, -0.1) is 0 Å². The zero-order valence-corrected chi connectivity index (χ0v) is 23.6. The van der Waals surface area contributed by atoms with Gasteiger partial charge in [-0.3, -0.25) is 4.79 Å². The zero-order chi connectivity index (χ0) is 25.9. The van der Waals surface area contributed by atoms with E-state index in [2.05, 4.69) is 15.3 Å². The number of hydrogen-bond acceptors (Lipinski definition) is 7. The number of anilines is 1. The summed E-state index contributed by atoms with van der Waals surface area (Å²) < 4.78 is 11.4. The van der Waals surface area contributed by atoms with E-state index in [4.69, 9.17) is 32.7 Å².